The van der Waals surface area contributed by atoms with E-state index in [4.69, 9.17) is 0 Å². The highest BCUT2D eigenvalue weighted by molar-refractivity contribution is 8.00. The SMILES string of the molecule is C[C@@H](Sc1ncnc2c1cnn2-c1ccccc1)C(=O)N1CCN(Cc2ccccc2)CC1. The van der Waals surface area contributed by atoms with Gasteiger partial charge in [0, 0.05) is 32.7 Å². The number of hydrogen-bond acceptors (Lipinski definition) is 6. The van der Waals surface area contributed by atoms with Crippen molar-refractivity contribution in [3.05, 3.63) is 78.8 Å². The Labute approximate surface area is 197 Å². The summed E-state index contributed by atoms with van der Waals surface area (Å²) in [7, 11) is 0. The van der Waals surface area contributed by atoms with Gasteiger partial charge in [-0.05, 0) is 24.6 Å². The number of carbonyl (C=O) groups is 1. The van der Waals surface area contributed by atoms with Crippen molar-refractivity contribution in [2.24, 2.45) is 0 Å². The van der Waals surface area contributed by atoms with E-state index in [2.05, 4.69) is 44.2 Å². The zero-order chi connectivity index (χ0) is 22.6. The number of piperazine rings is 1. The Morgan fingerprint density at radius 3 is 2.39 bits per heavy atom. The molecule has 5 rings (SSSR count). The minimum atomic E-state index is -0.233. The summed E-state index contributed by atoms with van der Waals surface area (Å²) >= 11 is 1.48. The minimum absolute atomic E-state index is 0.154. The van der Waals surface area contributed by atoms with Crippen molar-refractivity contribution in [1.29, 1.82) is 0 Å². The summed E-state index contributed by atoms with van der Waals surface area (Å²) < 4.78 is 1.81. The normalized spacial score (nSPS) is 15.6. The standard InChI is InChI=1S/C25H26N6OS/c1-19(25(32)30-14-12-29(13-15-30)17-20-8-4-2-5-9-20)33-24-22-16-28-31(23(22)26-18-27-24)21-10-6-3-7-11-21/h2-11,16,18-19H,12-15,17H2,1H3/t19-/m1/s1. The summed E-state index contributed by atoms with van der Waals surface area (Å²) in [4.78, 5) is 26.4. The summed E-state index contributed by atoms with van der Waals surface area (Å²) in [5, 5.41) is 5.92. The van der Waals surface area contributed by atoms with Gasteiger partial charge >= 0.3 is 0 Å². The van der Waals surface area contributed by atoms with E-state index in [1.54, 1.807) is 17.2 Å². The molecule has 0 bridgehead atoms. The number of carbonyl (C=O) groups excluding carboxylic acids is 1. The van der Waals surface area contributed by atoms with Gasteiger partial charge in [0.25, 0.3) is 0 Å². The third kappa shape index (κ3) is 4.77. The lowest BCUT2D eigenvalue weighted by Crippen LogP contribution is -2.50. The molecule has 0 saturated carbocycles. The molecule has 3 heterocycles. The molecule has 1 saturated heterocycles. The Kier molecular flexibility index (Phi) is 6.37. The van der Waals surface area contributed by atoms with Crippen LogP contribution in [0.5, 0.6) is 0 Å². The third-order valence-electron chi connectivity index (χ3n) is 5.90. The van der Waals surface area contributed by atoms with Gasteiger partial charge in [-0.25, -0.2) is 14.6 Å². The fraction of sp³-hybridized carbons (Fsp3) is 0.280. The van der Waals surface area contributed by atoms with Gasteiger partial charge in [-0.15, -0.1) is 0 Å². The van der Waals surface area contributed by atoms with Gasteiger partial charge in [-0.1, -0.05) is 60.3 Å². The second-order valence-corrected chi connectivity index (χ2v) is 9.48. The summed E-state index contributed by atoms with van der Waals surface area (Å²) in [6.45, 7) is 6.17. The monoisotopic (exact) mass is 458 g/mol. The molecule has 33 heavy (non-hydrogen) atoms. The topological polar surface area (TPSA) is 67.2 Å². The molecule has 7 nitrogen and oxygen atoms in total. The molecule has 168 valence electrons. The van der Waals surface area contributed by atoms with E-state index in [0.717, 1.165) is 54.5 Å². The second-order valence-electron chi connectivity index (χ2n) is 8.16. The smallest absolute Gasteiger partial charge is 0.235 e. The molecule has 2 aromatic heterocycles. The Morgan fingerprint density at radius 1 is 0.970 bits per heavy atom. The maximum Gasteiger partial charge on any atom is 0.235 e. The fourth-order valence-corrected chi connectivity index (χ4v) is 5.08. The highest BCUT2D eigenvalue weighted by Gasteiger charge is 2.26. The Hall–Kier alpha value is -3.23. The van der Waals surface area contributed by atoms with E-state index in [-0.39, 0.29) is 11.2 Å². The van der Waals surface area contributed by atoms with Crippen molar-refractivity contribution < 1.29 is 4.79 Å². The van der Waals surface area contributed by atoms with Crippen molar-refractivity contribution in [3.8, 4) is 5.69 Å². The number of para-hydroxylation sites is 1. The van der Waals surface area contributed by atoms with Crippen LogP contribution in [0.25, 0.3) is 16.7 Å². The van der Waals surface area contributed by atoms with E-state index in [1.165, 1.54) is 17.3 Å². The van der Waals surface area contributed by atoms with Gasteiger partial charge in [0.15, 0.2) is 5.65 Å². The van der Waals surface area contributed by atoms with Crippen LogP contribution in [0.1, 0.15) is 12.5 Å². The summed E-state index contributed by atoms with van der Waals surface area (Å²) in [6, 6.07) is 20.4. The highest BCUT2D eigenvalue weighted by atomic mass is 32.2. The molecular formula is C25H26N6OS. The maximum atomic E-state index is 13.2. The zero-order valence-electron chi connectivity index (χ0n) is 18.5. The first-order chi connectivity index (χ1) is 16.2. The molecule has 1 fully saturated rings. The number of thioether (sulfide) groups is 1. The van der Waals surface area contributed by atoms with Crippen LogP contribution in [0, 0.1) is 0 Å². The Morgan fingerprint density at radius 2 is 1.67 bits per heavy atom. The second kappa shape index (κ2) is 9.72. The van der Waals surface area contributed by atoms with Crippen LogP contribution in [0.15, 0.2) is 78.2 Å². The first-order valence-electron chi connectivity index (χ1n) is 11.1. The molecule has 0 radical (unpaired) electrons. The summed E-state index contributed by atoms with van der Waals surface area (Å²) in [5.74, 6) is 0.154. The van der Waals surface area contributed by atoms with E-state index in [9.17, 15) is 4.79 Å². The molecule has 1 atom stereocenters. The zero-order valence-corrected chi connectivity index (χ0v) is 19.4. The number of hydrogen-bond donors (Lipinski definition) is 0. The number of amides is 1. The lowest BCUT2D eigenvalue weighted by Gasteiger charge is -2.35. The van der Waals surface area contributed by atoms with Crippen molar-refractivity contribution in [2.45, 2.75) is 23.7 Å². The van der Waals surface area contributed by atoms with Crippen molar-refractivity contribution in [1.82, 2.24) is 29.5 Å². The molecule has 0 unspecified atom stereocenters. The average molecular weight is 459 g/mol. The number of nitrogens with zero attached hydrogens (tertiary/aromatic N) is 6. The lowest BCUT2D eigenvalue weighted by molar-refractivity contribution is -0.132. The van der Waals surface area contributed by atoms with Crippen LogP contribution in [0.3, 0.4) is 0 Å². The van der Waals surface area contributed by atoms with Crippen molar-refractivity contribution in [3.63, 3.8) is 0 Å². The van der Waals surface area contributed by atoms with Crippen LogP contribution in [-0.4, -0.2) is 66.9 Å². The van der Waals surface area contributed by atoms with Crippen molar-refractivity contribution >= 4 is 28.7 Å². The number of fused-ring (bicyclic) bond motifs is 1. The fourth-order valence-electron chi connectivity index (χ4n) is 4.12. The van der Waals surface area contributed by atoms with Gasteiger partial charge in [0.1, 0.15) is 11.4 Å². The minimum Gasteiger partial charge on any atom is -0.339 e. The molecular weight excluding hydrogens is 432 g/mol. The molecule has 2 aromatic carbocycles. The van der Waals surface area contributed by atoms with Crippen LogP contribution in [0.4, 0.5) is 0 Å². The van der Waals surface area contributed by atoms with E-state index in [1.807, 2.05) is 48.2 Å². The van der Waals surface area contributed by atoms with Gasteiger partial charge in [0.2, 0.25) is 5.91 Å². The summed E-state index contributed by atoms with van der Waals surface area (Å²) in [5.41, 5.74) is 3.00. The first kappa shape index (κ1) is 21.6. The van der Waals surface area contributed by atoms with E-state index >= 15 is 0 Å². The summed E-state index contributed by atoms with van der Waals surface area (Å²) in [6.07, 6.45) is 3.33. The van der Waals surface area contributed by atoms with E-state index in [0.29, 0.717) is 0 Å². The first-order valence-corrected chi connectivity index (χ1v) is 12.0. The molecule has 0 aliphatic carbocycles. The van der Waals surface area contributed by atoms with Gasteiger partial charge in [-0.3, -0.25) is 9.69 Å². The predicted octanol–water partition coefficient (Wildman–Crippen LogP) is 3.64. The van der Waals surface area contributed by atoms with Gasteiger partial charge in [-0.2, -0.15) is 5.10 Å². The molecule has 1 aliphatic heterocycles. The lowest BCUT2D eigenvalue weighted by atomic mass is 10.2. The number of rotatable bonds is 6. The predicted molar refractivity (Wildman–Crippen MR) is 130 cm³/mol. The average Bonchev–Trinajstić information content (AvgIpc) is 3.30. The van der Waals surface area contributed by atoms with Crippen LogP contribution in [-0.2, 0) is 11.3 Å². The van der Waals surface area contributed by atoms with Crippen LogP contribution >= 0.6 is 11.8 Å². The third-order valence-corrected chi connectivity index (χ3v) is 7.00. The molecule has 4 aromatic rings. The number of benzene rings is 2. The highest BCUT2D eigenvalue weighted by Crippen LogP contribution is 2.29. The molecule has 0 N–H and O–H groups in total. The van der Waals surface area contributed by atoms with Crippen molar-refractivity contribution in [2.75, 3.05) is 26.2 Å². The Bertz CT molecular complexity index is 1220. The maximum absolute atomic E-state index is 13.2. The Balaban J connectivity index is 1.23. The molecule has 1 amide bonds. The quantitative estimate of drug-likeness (QED) is 0.325. The largest absolute Gasteiger partial charge is 0.339 e. The van der Waals surface area contributed by atoms with Crippen LogP contribution in [0.2, 0.25) is 0 Å². The molecule has 0 spiro atoms. The van der Waals surface area contributed by atoms with Gasteiger partial charge in [0.05, 0.1) is 22.5 Å². The van der Waals surface area contributed by atoms with Crippen LogP contribution < -0.4 is 0 Å². The van der Waals surface area contributed by atoms with Gasteiger partial charge < -0.3 is 4.90 Å². The molecule has 8 heteroatoms. The molecule has 1 aliphatic rings. The number of aromatic nitrogens is 4. The van der Waals surface area contributed by atoms with E-state index < -0.39 is 0 Å².